The van der Waals surface area contributed by atoms with Crippen molar-refractivity contribution >= 4 is 17.5 Å². The maximum atomic E-state index is 11.5. The van der Waals surface area contributed by atoms with Gasteiger partial charge in [-0.1, -0.05) is 0 Å². The smallest absolute Gasteiger partial charge is 1.00 e. The van der Waals surface area contributed by atoms with Crippen molar-refractivity contribution in [3.8, 4) is 0 Å². The van der Waals surface area contributed by atoms with Crippen LogP contribution in [0, 0.1) is 0 Å². The SMILES string of the molecule is CCOC(=O)C(=O)C(C)=C(O)c1cccnc1.[H-].[Li+]. The molecule has 0 aliphatic heterocycles. The molecule has 0 spiro atoms. The van der Waals surface area contributed by atoms with Crippen LogP contribution in [-0.4, -0.2) is 28.4 Å². The second kappa shape index (κ2) is 7.70. The predicted octanol–water partition coefficient (Wildman–Crippen LogP) is -1.38. The van der Waals surface area contributed by atoms with Crippen LogP contribution in [0.1, 0.15) is 20.8 Å². The van der Waals surface area contributed by atoms with Gasteiger partial charge in [-0.2, -0.15) is 0 Å². The van der Waals surface area contributed by atoms with Gasteiger partial charge in [-0.25, -0.2) is 4.79 Å². The summed E-state index contributed by atoms with van der Waals surface area (Å²) in [5.74, 6) is -2.09. The molecule has 0 amide bonds. The summed E-state index contributed by atoms with van der Waals surface area (Å²) in [5, 5.41) is 9.79. The fourth-order valence-corrected chi connectivity index (χ4v) is 1.18. The van der Waals surface area contributed by atoms with Crippen LogP contribution in [-0.2, 0) is 14.3 Å². The molecular weight excluding hydrogens is 229 g/mol. The van der Waals surface area contributed by atoms with Crippen molar-refractivity contribution in [2.75, 3.05) is 6.61 Å². The zero-order valence-corrected chi connectivity index (χ0v) is 10.6. The molecule has 0 aliphatic carbocycles. The molecule has 0 saturated heterocycles. The summed E-state index contributed by atoms with van der Waals surface area (Å²) >= 11 is 0. The number of esters is 1. The molecule has 0 atom stereocenters. The molecule has 0 unspecified atom stereocenters. The maximum absolute atomic E-state index is 11.5. The van der Waals surface area contributed by atoms with Crippen LogP contribution in [0.15, 0.2) is 30.1 Å². The average Bonchev–Trinajstić information content (AvgIpc) is 2.37. The summed E-state index contributed by atoms with van der Waals surface area (Å²) in [7, 11) is 0. The number of Topliss-reactive ketones (excluding diaryl/α,β-unsaturated/α-hetero) is 1. The maximum Gasteiger partial charge on any atom is 1.00 e. The number of ketones is 1. The summed E-state index contributed by atoms with van der Waals surface area (Å²) in [6.07, 6.45) is 2.94. The van der Waals surface area contributed by atoms with Gasteiger partial charge >= 0.3 is 24.8 Å². The van der Waals surface area contributed by atoms with Gasteiger partial charge < -0.3 is 11.3 Å². The second-order valence-electron chi connectivity index (χ2n) is 3.26. The Labute approximate surface area is 119 Å². The molecule has 6 heteroatoms. The molecule has 0 saturated carbocycles. The summed E-state index contributed by atoms with van der Waals surface area (Å²) < 4.78 is 4.56. The number of hydrogen-bond acceptors (Lipinski definition) is 5. The summed E-state index contributed by atoms with van der Waals surface area (Å²) in [6, 6.07) is 3.21. The van der Waals surface area contributed by atoms with Gasteiger partial charge in [-0.3, -0.25) is 9.78 Å². The molecule has 1 aromatic heterocycles. The van der Waals surface area contributed by atoms with Gasteiger partial charge in [0.25, 0.3) is 5.78 Å². The van der Waals surface area contributed by atoms with E-state index in [4.69, 9.17) is 0 Å². The number of carbonyl (C=O) groups excluding carboxylic acids is 2. The van der Waals surface area contributed by atoms with Crippen molar-refractivity contribution in [3.05, 3.63) is 35.7 Å². The van der Waals surface area contributed by atoms with Crippen LogP contribution in [0.3, 0.4) is 0 Å². The van der Waals surface area contributed by atoms with E-state index < -0.39 is 11.8 Å². The van der Waals surface area contributed by atoms with E-state index in [0.717, 1.165) is 0 Å². The molecular formula is C12H14LiNO4. The van der Waals surface area contributed by atoms with Crippen molar-refractivity contribution in [3.63, 3.8) is 0 Å². The molecule has 0 aliphatic rings. The average molecular weight is 243 g/mol. The van der Waals surface area contributed by atoms with E-state index in [1.54, 1.807) is 25.3 Å². The third-order valence-corrected chi connectivity index (χ3v) is 2.09. The molecule has 0 aromatic carbocycles. The van der Waals surface area contributed by atoms with E-state index in [-0.39, 0.29) is 38.2 Å². The summed E-state index contributed by atoms with van der Waals surface area (Å²) in [4.78, 5) is 26.5. The fraction of sp³-hybridized carbons (Fsp3) is 0.250. The number of aliphatic hydroxyl groups excluding tert-OH is 1. The van der Waals surface area contributed by atoms with Gasteiger partial charge in [0.15, 0.2) is 0 Å². The normalized spacial score (nSPS) is 11.0. The van der Waals surface area contributed by atoms with E-state index in [0.29, 0.717) is 5.56 Å². The van der Waals surface area contributed by atoms with Crippen molar-refractivity contribution < 1.29 is 39.7 Å². The Morgan fingerprint density at radius 3 is 2.67 bits per heavy atom. The van der Waals surface area contributed by atoms with Gasteiger partial charge in [0.05, 0.1) is 6.61 Å². The Balaban J connectivity index is 0. The van der Waals surface area contributed by atoms with E-state index in [2.05, 4.69) is 9.72 Å². The first-order chi connectivity index (χ1) is 8.07. The third kappa shape index (κ3) is 4.02. The molecule has 5 nitrogen and oxygen atoms in total. The van der Waals surface area contributed by atoms with Gasteiger partial charge in [0.1, 0.15) is 5.76 Å². The first-order valence-corrected chi connectivity index (χ1v) is 5.09. The Morgan fingerprint density at radius 2 is 2.17 bits per heavy atom. The molecule has 0 bridgehead atoms. The first-order valence-electron chi connectivity index (χ1n) is 5.09. The zero-order valence-electron chi connectivity index (χ0n) is 11.6. The number of aromatic nitrogens is 1. The van der Waals surface area contributed by atoms with Crippen LogP contribution >= 0.6 is 0 Å². The van der Waals surface area contributed by atoms with Gasteiger partial charge in [-0.15, -0.1) is 0 Å². The van der Waals surface area contributed by atoms with Crippen molar-refractivity contribution in [2.24, 2.45) is 0 Å². The number of rotatable bonds is 4. The van der Waals surface area contributed by atoms with Crippen LogP contribution < -0.4 is 18.9 Å². The van der Waals surface area contributed by atoms with Crippen LogP contribution in [0.5, 0.6) is 0 Å². The molecule has 0 radical (unpaired) electrons. The Kier molecular flexibility index (Phi) is 7.02. The van der Waals surface area contributed by atoms with Gasteiger partial charge in [-0.05, 0) is 26.0 Å². The molecule has 1 aromatic rings. The number of pyridine rings is 1. The standard InChI is InChI=1S/C12H13NO4.Li.H/c1-3-17-12(16)11(15)8(2)10(14)9-5-4-6-13-7-9;;/h4-7,14H,3H2,1-2H3;;/q;+1;-1. The Bertz CT molecular complexity index is 462. The third-order valence-electron chi connectivity index (χ3n) is 2.09. The Hall–Kier alpha value is -1.57. The van der Waals surface area contributed by atoms with Gasteiger partial charge in [0, 0.05) is 23.5 Å². The van der Waals surface area contributed by atoms with E-state index in [1.807, 2.05) is 0 Å². The van der Waals surface area contributed by atoms with Crippen molar-refractivity contribution in [1.82, 2.24) is 4.98 Å². The second-order valence-corrected chi connectivity index (χ2v) is 3.26. The quantitative estimate of drug-likeness (QED) is 0.232. The minimum Gasteiger partial charge on any atom is -1.00 e. The number of carbonyl (C=O) groups is 2. The molecule has 0 fully saturated rings. The topological polar surface area (TPSA) is 76.5 Å². The van der Waals surface area contributed by atoms with Crippen LogP contribution in [0.4, 0.5) is 0 Å². The minimum absolute atomic E-state index is 0. The molecule has 1 rings (SSSR count). The number of hydrogen-bond donors (Lipinski definition) is 1. The van der Waals surface area contributed by atoms with E-state index >= 15 is 0 Å². The first kappa shape index (κ1) is 16.4. The molecule has 92 valence electrons. The van der Waals surface area contributed by atoms with Crippen molar-refractivity contribution in [1.29, 1.82) is 0 Å². The zero-order chi connectivity index (χ0) is 12.8. The summed E-state index contributed by atoms with van der Waals surface area (Å²) in [6.45, 7) is 3.08. The predicted molar refractivity (Wildman–Crippen MR) is 62.2 cm³/mol. The van der Waals surface area contributed by atoms with E-state index in [9.17, 15) is 14.7 Å². The largest absolute Gasteiger partial charge is 1.00 e. The molecule has 1 N–H and O–H groups in total. The number of ether oxygens (including phenoxy) is 1. The Morgan fingerprint density at radius 1 is 1.50 bits per heavy atom. The van der Waals surface area contributed by atoms with Gasteiger partial charge in [0.2, 0.25) is 0 Å². The molecule has 18 heavy (non-hydrogen) atoms. The monoisotopic (exact) mass is 243 g/mol. The van der Waals surface area contributed by atoms with E-state index in [1.165, 1.54) is 13.1 Å². The van der Waals surface area contributed by atoms with Crippen LogP contribution in [0.2, 0.25) is 0 Å². The summed E-state index contributed by atoms with van der Waals surface area (Å²) in [5.41, 5.74) is 0.319. The number of aliphatic hydroxyl groups is 1. The van der Waals surface area contributed by atoms with Crippen LogP contribution in [0.25, 0.3) is 5.76 Å². The number of nitrogens with zero attached hydrogens (tertiary/aromatic N) is 1. The van der Waals surface area contributed by atoms with Crippen molar-refractivity contribution in [2.45, 2.75) is 13.8 Å². The fourth-order valence-electron chi connectivity index (χ4n) is 1.18. The minimum atomic E-state index is -0.972. The molecule has 1 heterocycles.